The van der Waals surface area contributed by atoms with Gasteiger partial charge in [0, 0.05) is 31.9 Å². The lowest BCUT2D eigenvalue weighted by Crippen LogP contribution is -2.08. The number of aryl methyl sites for hydroxylation is 1. The highest BCUT2D eigenvalue weighted by Gasteiger charge is 2.14. The maximum Gasteiger partial charge on any atom is 0.303 e. The molecule has 0 saturated carbocycles. The number of benzene rings is 1. The van der Waals surface area contributed by atoms with E-state index >= 15 is 0 Å². The number of carboxylic acid groups (broad SMARTS) is 1. The van der Waals surface area contributed by atoms with E-state index in [1.807, 2.05) is 24.4 Å². The normalized spacial score (nSPS) is 11.4. The van der Waals surface area contributed by atoms with Crippen LogP contribution in [0.25, 0.3) is 21.9 Å². The molecule has 126 valence electrons. The molecule has 1 aromatic carbocycles. The lowest BCUT2D eigenvalue weighted by Gasteiger charge is -2.10. The zero-order valence-electron chi connectivity index (χ0n) is 13.7. The van der Waals surface area contributed by atoms with Gasteiger partial charge < -0.3 is 14.4 Å². The van der Waals surface area contributed by atoms with Crippen LogP contribution in [-0.4, -0.2) is 39.3 Å². The van der Waals surface area contributed by atoms with Crippen LogP contribution < -0.4 is 0 Å². The first-order chi connectivity index (χ1) is 11.7. The molecule has 0 amide bonds. The summed E-state index contributed by atoms with van der Waals surface area (Å²) in [7, 11) is 1.68. The summed E-state index contributed by atoms with van der Waals surface area (Å²) >= 11 is 0. The van der Waals surface area contributed by atoms with Gasteiger partial charge in [-0.3, -0.25) is 9.78 Å². The lowest BCUT2D eigenvalue weighted by atomic mass is 10.2. The van der Waals surface area contributed by atoms with Crippen molar-refractivity contribution in [1.82, 2.24) is 14.5 Å². The number of methoxy groups -OCH3 is 1. The van der Waals surface area contributed by atoms with E-state index in [4.69, 9.17) is 14.8 Å². The van der Waals surface area contributed by atoms with Crippen LogP contribution in [0.3, 0.4) is 0 Å². The van der Waals surface area contributed by atoms with Gasteiger partial charge in [-0.25, -0.2) is 4.98 Å². The Bertz CT molecular complexity index is 857. The minimum Gasteiger partial charge on any atom is -0.481 e. The van der Waals surface area contributed by atoms with Gasteiger partial charge in [0.05, 0.1) is 23.8 Å². The molecule has 6 nitrogen and oxygen atoms in total. The summed E-state index contributed by atoms with van der Waals surface area (Å²) in [6.45, 7) is 1.35. The molecule has 0 unspecified atom stereocenters. The van der Waals surface area contributed by atoms with E-state index in [0.717, 1.165) is 47.1 Å². The number of nitrogens with zero attached hydrogens (tertiary/aromatic N) is 3. The summed E-state index contributed by atoms with van der Waals surface area (Å²) < 4.78 is 7.39. The van der Waals surface area contributed by atoms with Crippen molar-refractivity contribution in [1.29, 1.82) is 0 Å². The van der Waals surface area contributed by atoms with Crippen molar-refractivity contribution < 1.29 is 14.6 Å². The van der Waals surface area contributed by atoms with Crippen molar-refractivity contribution in [2.75, 3.05) is 13.7 Å². The van der Waals surface area contributed by atoms with Crippen LogP contribution in [0.2, 0.25) is 0 Å². The van der Waals surface area contributed by atoms with E-state index in [9.17, 15) is 4.79 Å². The van der Waals surface area contributed by atoms with Crippen molar-refractivity contribution in [2.45, 2.75) is 32.2 Å². The van der Waals surface area contributed by atoms with Gasteiger partial charge in [-0.15, -0.1) is 0 Å². The van der Waals surface area contributed by atoms with Crippen LogP contribution in [0.15, 0.2) is 30.5 Å². The molecular formula is C18H21N3O3. The van der Waals surface area contributed by atoms with Crippen LogP contribution in [0.5, 0.6) is 0 Å². The summed E-state index contributed by atoms with van der Waals surface area (Å²) in [4.78, 5) is 19.9. The van der Waals surface area contributed by atoms with Crippen molar-refractivity contribution in [3.05, 3.63) is 36.3 Å². The number of aliphatic carboxylic acids is 1. The predicted octanol–water partition coefficient (Wildman–Crippen LogP) is 3.03. The molecule has 0 atom stereocenters. The number of unbranched alkanes of at least 4 members (excludes halogenated alkanes) is 1. The monoisotopic (exact) mass is 327 g/mol. The topological polar surface area (TPSA) is 77.2 Å². The summed E-state index contributed by atoms with van der Waals surface area (Å²) in [5.74, 6) is 0.208. The summed E-state index contributed by atoms with van der Waals surface area (Å²) in [6, 6.07) is 8.02. The Morgan fingerprint density at radius 2 is 2.08 bits per heavy atom. The van der Waals surface area contributed by atoms with Gasteiger partial charge in [-0.1, -0.05) is 18.2 Å². The number of hydrogen-bond acceptors (Lipinski definition) is 4. The van der Waals surface area contributed by atoms with Crippen molar-refractivity contribution in [2.24, 2.45) is 0 Å². The van der Waals surface area contributed by atoms with Crippen molar-refractivity contribution in [3.63, 3.8) is 0 Å². The third-order valence-electron chi connectivity index (χ3n) is 4.11. The van der Waals surface area contributed by atoms with Crippen molar-refractivity contribution >= 4 is 27.9 Å². The molecule has 0 radical (unpaired) electrons. The molecule has 0 aliphatic carbocycles. The molecule has 1 N–H and O–H groups in total. The standard InChI is InChI=1S/C18H21N3O3/c1-24-11-9-16-20-15-12-19-14-7-3-2-6-13(14)18(15)21(16)10-5-4-8-17(22)23/h2-3,6-7,12H,4-5,8-11H2,1H3,(H,22,23). The van der Waals surface area contributed by atoms with E-state index < -0.39 is 5.97 Å². The zero-order chi connectivity index (χ0) is 16.9. The quantitative estimate of drug-likeness (QED) is 0.644. The Kier molecular flexibility index (Phi) is 5.05. The van der Waals surface area contributed by atoms with Gasteiger partial charge in [0.15, 0.2) is 0 Å². The fraction of sp³-hybridized carbons (Fsp3) is 0.389. The zero-order valence-corrected chi connectivity index (χ0v) is 13.7. The minimum absolute atomic E-state index is 0.197. The number of carboxylic acids is 1. The average Bonchev–Trinajstić information content (AvgIpc) is 2.94. The second kappa shape index (κ2) is 7.40. The van der Waals surface area contributed by atoms with Gasteiger partial charge in [-0.2, -0.15) is 0 Å². The molecule has 24 heavy (non-hydrogen) atoms. The molecule has 0 spiro atoms. The number of pyridine rings is 1. The highest BCUT2D eigenvalue weighted by Crippen LogP contribution is 2.25. The first-order valence-corrected chi connectivity index (χ1v) is 8.14. The van der Waals surface area contributed by atoms with Crippen LogP contribution in [0, 0.1) is 0 Å². The molecule has 2 aromatic heterocycles. The number of carbonyl (C=O) groups is 1. The molecule has 0 bridgehead atoms. The van der Waals surface area contributed by atoms with Crippen molar-refractivity contribution in [3.8, 4) is 0 Å². The summed E-state index contributed by atoms with van der Waals surface area (Å²) in [6.07, 6.45) is 4.18. The Balaban J connectivity index is 2.00. The first kappa shape index (κ1) is 16.4. The van der Waals surface area contributed by atoms with Crippen LogP contribution >= 0.6 is 0 Å². The van der Waals surface area contributed by atoms with E-state index in [0.29, 0.717) is 13.0 Å². The third kappa shape index (κ3) is 3.38. The number of ether oxygens (including phenoxy) is 1. The van der Waals surface area contributed by atoms with E-state index in [-0.39, 0.29) is 6.42 Å². The van der Waals surface area contributed by atoms with Crippen LogP contribution in [0.4, 0.5) is 0 Å². The summed E-state index contributed by atoms with van der Waals surface area (Å²) in [5, 5.41) is 9.88. The molecule has 0 fully saturated rings. The molecule has 3 rings (SSSR count). The van der Waals surface area contributed by atoms with Gasteiger partial charge in [0.25, 0.3) is 0 Å². The minimum atomic E-state index is -0.750. The molecule has 2 heterocycles. The maximum absolute atomic E-state index is 10.7. The fourth-order valence-corrected chi connectivity index (χ4v) is 2.98. The Morgan fingerprint density at radius 1 is 1.25 bits per heavy atom. The van der Waals surface area contributed by atoms with Gasteiger partial charge >= 0.3 is 5.97 Å². The van der Waals surface area contributed by atoms with Gasteiger partial charge in [0.1, 0.15) is 11.3 Å². The molecule has 0 aliphatic heterocycles. The van der Waals surface area contributed by atoms with E-state index in [1.165, 1.54) is 0 Å². The maximum atomic E-state index is 10.7. The molecular weight excluding hydrogens is 306 g/mol. The van der Waals surface area contributed by atoms with E-state index in [1.54, 1.807) is 7.11 Å². The predicted molar refractivity (Wildman–Crippen MR) is 92.1 cm³/mol. The molecule has 0 aliphatic rings. The van der Waals surface area contributed by atoms with Gasteiger partial charge in [-0.05, 0) is 18.9 Å². The molecule has 3 aromatic rings. The number of imidazole rings is 1. The Labute approximate surface area is 140 Å². The number of fused-ring (bicyclic) bond motifs is 3. The first-order valence-electron chi connectivity index (χ1n) is 8.14. The summed E-state index contributed by atoms with van der Waals surface area (Å²) in [5.41, 5.74) is 2.88. The number of rotatable bonds is 8. The second-order valence-electron chi connectivity index (χ2n) is 5.78. The fourth-order valence-electron chi connectivity index (χ4n) is 2.98. The van der Waals surface area contributed by atoms with Gasteiger partial charge in [0.2, 0.25) is 0 Å². The largest absolute Gasteiger partial charge is 0.481 e. The SMILES string of the molecule is COCCc1nc2cnc3ccccc3c2n1CCCCC(=O)O. The third-order valence-corrected chi connectivity index (χ3v) is 4.11. The van der Waals surface area contributed by atoms with E-state index in [2.05, 4.69) is 15.6 Å². The smallest absolute Gasteiger partial charge is 0.303 e. The Hall–Kier alpha value is -2.47. The lowest BCUT2D eigenvalue weighted by molar-refractivity contribution is -0.137. The number of hydrogen-bond donors (Lipinski definition) is 1. The Morgan fingerprint density at radius 3 is 2.88 bits per heavy atom. The second-order valence-corrected chi connectivity index (χ2v) is 5.78. The van der Waals surface area contributed by atoms with Crippen LogP contribution in [0.1, 0.15) is 25.1 Å². The average molecular weight is 327 g/mol. The van der Waals surface area contributed by atoms with Crippen LogP contribution in [-0.2, 0) is 22.5 Å². The molecule has 0 saturated heterocycles. The molecule has 6 heteroatoms. The highest BCUT2D eigenvalue weighted by molar-refractivity contribution is 6.02. The highest BCUT2D eigenvalue weighted by atomic mass is 16.5. The number of aromatic nitrogens is 3. The number of para-hydroxylation sites is 1.